The molecule has 1 amide bonds. The summed E-state index contributed by atoms with van der Waals surface area (Å²) in [7, 11) is 0. The van der Waals surface area contributed by atoms with E-state index in [4.69, 9.17) is 0 Å². The number of carbonyl (C=O) groups is 1. The van der Waals surface area contributed by atoms with Crippen molar-refractivity contribution in [2.45, 2.75) is 19.9 Å². The Hall–Kier alpha value is -1.88. The molecule has 0 saturated carbocycles. The molecule has 4 nitrogen and oxygen atoms in total. The van der Waals surface area contributed by atoms with Gasteiger partial charge in [-0.3, -0.25) is 9.78 Å². The van der Waals surface area contributed by atoms with Crippen LogP contribution in [0.1, 0.15) is 24.2 Å². The van der Waals surface area contributed by atoms with Gasteiger partial charge >= 0.3 is 0 Å². The zero-order valence-corrected chi connectivity index (χ0v) is 12.9. The van der Waals surface area contributed by atoms with Gasteiger partial charge in [0.15, 0.2) is 0 Å². The number of benzene rings is 1. The summed E-state index contributed by atoms with van der Waals surface area (Å²) in [6, 6.07) is 9.57. The number of pyridine rings is 1. The molecule has 0 aliphatic carbocycles. The van der Waals surface area contributed by atoms with Gasteiger partial charge in [-0.05, 0) is 48.0 Å². The van der Waals surface area contributed by atoms with Crippen molar-refractivity contribution in [1.82, 2.24) is 4.98 Å². The predicted octanol–water partition coefficient (Wildman–Crippen LogP) is 3.92. The van der Waals surface area contributed by atoms with E-state index in [1.807, 2.05) is 38.1 Å². The molecule has 2 N–H and O–H groups in total. The molecule has 20 heavy (non-hydrogen) atoms. The number of aromatic nitrogens is 1. The van der Waals surface area contributed by atoms with Crippen molar-refractivity contribution in [1.29, 1.82) is 0 Å². The third-order valence-corrected chi connectivity index (χ3v) is 3.27. The van der Waals surface area contributed by atoms with E-state index >= 15 is 0 Å². The molecule has 0 atom stereocenters. The molecular weight excluding hydrogens is 318 g/mol. The minimum atomic E-state index is -0.184. The highest BCUT2D eigenvalue weighted by Crippen LogP contribution is 2.22. The van der Waals surface area contributed by atoms with Gasteiger partial charge in [0.1, 0.15) is 0 Å². The van der Waals surface area contributed by atoms with Crippen LogP contribution in [0.3, 0.4) is 0 Å². The lowest BCUT2D eigenvalue weighted by molar-refractivity contribution is 0.102. The van der Waals surface area contributed by atoms with Crippen LogP contribution in [0.25, 0.3) is 0 Å². The first kappa shape index (κ1) is 14.5. The number of rotatable bonds is 4. The summed E-state index contributed by atoms with van der Waals surface area (Å²) in [5, 5.41) is 6.08. The maximum absolute atomic E-state index is 12.2. The van der Waals surface area contributed by atoms with Crippen LogP contribution in [0, 0.1) is 0 Å². The molecule has 0 fully saturated rings. The van der Waals surface area contributed by atoms with Crippen molar-refractivity contribution in [3.8, 4) is 0 Å². The molecule has 2 rings (SSSR count). The maximum atomic E-state index is 12.2. The molecule has 1 heterocycles. The first-order valence-corrected chi connectivity index (χ1v) is 7.13. The average molecular weight is 334 g/mol. The summed E-state index contributed by atoms with van der Waals surface area (Å²) >= 11 is 3.40. The minimum absolute atomic E-state index is 0.184. The number of carbonyl (C=O) groups excluding carboxylic acids is 1. The fraction of sp³-hybridized carbons (Fsp3) is 0.200. The van der Waals surface area contributed by atoms with Crippen LogP contribution in [-0.4, -0.2) is 16.9 Å². The summed E-state index contributed by atoms with van der Waals surface area (Å²) < 4.78 is 0.845. The number of halogens is 1. The Bertz CT molecular complexity index is 614. The molecule has 0 aliphatic heterocycles. The number of nitrogens with zero attached hydrogens (tertiary/aromatic N) is 1. The lowest BCUT2D eigenvalue weighted by Crippen LogP contribution is -2.14. The van der Waals surface area contributed by atoms with E-state index in [-0.39, 0.29) is 5.91 Å². The molecule has 104 valence electrons. The lowest BCUT2D eigenvalue weighted by Gasteiger charge is -2.11. The van der Waals surface area contributed by atoms with E-state index in [9.17, 15) is 4.79 Å². The monoisotopic (exact) mass is 333 g/mol. The van der Waals surface area contributed by atoms with Crippen LogP contribution < -0.4 is 10.6 Å². The number of hydrogen-bond acceptors (Lipinski definition) is 3. The molecular formula is C15H16BrN3O. The summed E-state index contributed by atoms with van der Waals surface area (Å²) in [4.78, 5) is 16.3. The zero-order valence-electron chi connectivity index (χ0n) is 11.4. The summed E-state index contributed by atoms with van der Waals surface area (Å²) in [5.74, 6) is -0.184. The number of hydrogen-bond donors (Lipinski definition) is 2. The van der Waals surface area contributed by atoms with Gasteiger partial charge in [-0.2, -0.15) is 0 Å². The minimum Gasteiger partial charge on any atom is -0.382 e. The van der Waals surface area contributed by atoms with E-state index in [1.54, 1.807) is 18.5 Å². The first-order valence-electron chi connectivity index (χ1n) is 6.33. The molecule has 2 aromatic rings. The Labute approximate surface area is 126 Å². The number of amides is 1. The molecule has 0 saturated heterocycles. The largest absolute Gasteiger partial charge is 0.382 e. The van der Waals surface area contributed by atoms with Gasteiger partial charge in [-0.15, -0.1) is 0 Å². The predicted molar refractivity (Wildman–Crippen MR) is 85.1 cm³/mol. The Balaban J connectivity index is 2.15. The SMILES string of the molecule is CC(C)Nc1cncc(C(=O)Nc2ccccc2Br)c1. The molecule has 1 aromatic carbocycles. The Morgan fingerprint density at radius 3 is 2.70 bits per heavy atom. The number of anilines is 2. The Morgan fingerprint density at radius 2 is 2.00 bits per heavy atom. The molecule has 0 spiro atoms. The molecule has 0 bridgehead atoms. The second kappa shape index (κ2) is 6.52. The third kappa shape index (κ3) is 3.81. The van der Waals surface area contributed by atoms with Gasteiger partial charge in [0.25, 0.3) is 5.91 Å². The zero-order chi connectivity index (χ0) is 14.5. The normalized spacial score (nSPS) is 10.4. The van der Waals surface area contributed by atoms with Crippen LogP contribution >= 0.6 is 15.9 Å². The van der Waals surface area contributed by atoms with E-state index in [0.29, 0.717) is 11.6 Å². The number of para-hydroxylation sites is 1. The fourth-order valence-corrected chi connectivity index (χ4v) is 2.12. The summed E-state index contributed by atoms with van der Waals surface area (Å²) in [5.41, 5.74) is 2.09. The van der Waals surface area contributed by atoms with Gasteiger partial charge < -0.3 is 10.6 Å². The fourth-order valence-electron chi connectivity index (χ4n) is 1.73. The van der Waals surface area contributed by atoms with E-state index in [2.05, 4.69) is 31.5 Å². The number of nitrogens with one attached hydrogen (secondary N) is 2. The second-order valence-electron chi connectivity index (χ2n) is 4.70. The molecule has 0 aliphatic rings. The van der Waals surface area contributed by atoms with E-state index in [1.165, 1.54) is 0 Å². The van der Waals surface area contributed by atoms with Crippen molar-refractivity contribution in [2.24, 2.45) is 0 Å². The van der Waals surface area contributed by atoms with Crippen LogP contribution in [0.15, 0.2) is 47.2 Å². The second-order valence-corrected chi connectivity index (χ2v) is 5.55. The van der Waals surface area contributed by atoms with Crippen LogP contribution in [-0.2, 0) is 0 Å². The van der Waals surface area contributed by atoms with Gasteiger partial charge in [0.2, 0.25) is 0 Å². The van der Waals surface area contributed by atoms with Gasteiger partial charge in [0, 0.05) is 22.9 Å². The highest BCUT2D eigenvalue weighted by molar-refractivity contribution is 9.10. The van der Waals surface area contributed by atoms with E-state index < -0.39 is 0 Å². The van der Waals surface area contributed by atoms with Crippen molar-refractivity contribution >= 4 is 33.2 Å². The summed E-state index contributed by atoms with van der Waals surface area (Å²) in [6.45, 7) is 4.07. The molecule has 5 heteroatoms. The van der Waals surface area contributed by atoms with Gasteiger partial charge in [0.05, 0.1) is 16.9 Å². The molecule has 0 radical (unpaired) electrons. The Kier molecular flexibility index (Phi) is 4.74. The topological polar surface area (TPSA) is 54.0 Å². The molecule has 1 aromatic heterocycles. The first-order chi connectivity index (χ1) is 9.56. The smallest absolute Gasteiger partial charge is 0.257 e. The van der Waals surface area contributed by atoms with Crippen LogP contribution in [0.2, 0.25) is 0 Å². The van der Waals surface area contributed by atoms with Crippen LogP contribution in [0.4, 0.5) is 11.4 Å². The van der Waals surface area contributed by atoms with Gasteiger partial charge in [-0.1, -0.05) is 12.1 Å². The van der Waals surface area contributed by atoms with Crippen molar-refractivity contribution in [3.05, 3.63) is 52.8 Å². The highest BCUT2D eigenvalue weighted by Gasteiger charge is 2.09. The summed E-state index contributed by atoms with van der Waals surface area (Å²) in [6.07, 6.45) is 3.26. The van der Waals surface area contributed by atoms with Crippen molar-refractivity contribution in [2.75, 3.05) is 10.6 Å². The Morgan fingerprint density at radius 1 is 1.25 bits per heavy atom. The lowest BCUT2D eigenvalue weighted by atomic mass is 10.2. The molecule has 0 unspecified atom stereocenters. The highest BCUT2D eigenvalue weighted by atomic mass is 79.9. The quantitative estimate of drug-likeness (QED) is 0.891. The maximum Gasteiger partial charge on any atom is 0.257 e. The van der Waals surface area contributed by atoms with Crippen molar-refractivity contribution < 1.29 is 4.79 Å². The third-order valence-electron chi connectivity index (χ3n) is 2.58. The van der Waals surface area contributed by atoms with Crippen LogP contribution in [0.5, 0.6) is 0 Å². The standard InChI is InChI=1S/C15H16BrN3O/c1-10(2)18-12-7-11(8-17-9-12)15(20)19-14-6-4-3-5-13(14)16/h3-10,18H,1-2H3,(H,19,20). The van der Waals surface area contributed by atoms with Gasteiger partial charge in [-0.25, -0.2) is 0 Å². The average Bonchev–Trinajstić information content (AvgIpc) is 2.41. The van der Waals surface area contributed by atoms with Crippen molar-refractivity contribution in [3.63, 3.8) is 0 Å². The van der Waals surface area contributed by atoms with E-state index in [0.717, 1.165) is 15.8 Å².